The number of benzene rings is 1. The van der Waals surface area contributed by atoms with E-state index in [0.717, 1.165) is 19.1 Å². The number of hydrogen-bond donors (Lipinski definition) is 0. The highest BCUT2D eigenvalue weighted by Crippen LogP contribution is 2.29. The van der Waals surface area contributed by atoms with Crippen LogP contribution in [0.25, 0.3) is 0 Å². The molecule has 1 aromatic carbocycles. The van der Waals surface area contributed by atoms with Gasteiger partial charge in [-0.15, -0.1) is 0 Å². The second kappa shape index (κ2) is 6.16. The van der Waals surface area contributed by atoms with Gasteiger partial charge in [-0.05, 0) is 31.0 Å². The summed E-state index contributed by atoms with van der Waals surface area (Å²) in [6.07, 6.45) is 2.89. The van der Waals surface area contributed by atoms with E-state index in [9.17, 15) is 4.79 Å². The molecule has 16 heavy (non-hydrogen) atoms. The molecule has 0 amide bonds. The highest BCUT2D eigenvalue weighted by Gasteiger charge is 2.10. The van der Waals surface area contributed by atoms with E-state index in [-0.39, 0.29) is 6.10 Å². The van der Waals surface area contributed by atoms with Crippen LogP contribution in [-0.2, 0) is 0 Å². The van der Waals surface area contributed by atoms with Crippen molar-refractivity contribution in [3.8, 4) is 11.5 Å². The Kier molecular flexibility index (Phi) is 4.83. The Morgan fingerprint density at radius 1 is 1.25 bits per heavy atom. The molecule has 0 aromatic heterocycles. The molecule has 0 saturated heterocycles. The van der Waals surface area contributed by atoms with Crippen molar-refractivity contribution in [2.45, 2.75) is 32.8 Å². The summed E-state index contributed by atoms with van der Waals surface area (Å²) in [5, 5.41) is 0. The Hall–Kier alpha value is -1.51. The minimum Gasteiger partial charge on any atom is -0.493 e. The van der Waals surface area contributed by atoms with Crippen molar-refractivity contribution < 1.29 is 14.3 Å². The van der Waals surface area contributed by atoms with Gasteiger partial charge in [0.05, 0.1) is 13.2 Å². The first kappa shape index (κ1) is 12.6. The Balaban J connectivity index is 2.90. The van der Waals surface area contributed by atoms with Crippen LogP contribution in [0, 0.1) is 0 Å². The van der Waals surface area contributed by atoms with Crippen LogP contribution in [0.15, 0.2) is 18.2 Å². The van der Waals surface area contributed by atoms with Crippen molar-refractivity contribution in [3.63, 3.8) is 0 Å². The SMILES string of the molecule is CCC(CC)Oc1ccc(C=O)cc1OC. The molecular formula is C13H18O3. The van der Waals surface area contributed by atoms with Crippen LogP contribution in [0.2, 0.25) is 0 Å². The van der Waals surface area contributed by atoms with Crippen LogP contribution >= 0.6 is 0 Å². The van der Waals surface area contributed by atoms with Gasteiger partial charge in [0.25, 0.3) is 0 Å². The average molecular weight is 222 g/mol. The molecule has 0 spiro atoms. The van der Waals surface area contributed by atoms with Crippen LogP contribution in [0.1, 0.15) is 37.0 Å². The molecule has 0 N–H and O–H groups in total. The lowest BCUT2D eigenvalue weighted by Gasteiger charge is -2.17. The summed E-state index contributed by atoms with van der Waals surface area (Å²) in [6.45, 7) is 4.17. The third-order valence-electron chi connectivity index (χ3n) is 2.53. The number of aldehydes is 1. The van der Waals surface area contributed by atoms with Crippen LogP contribution < -0.4 is 9.47 Å². The molecule has 0 atom stereocenters. The van der Waals surface area contributed by atoms with E-state index in [1.807, 2.05) is 0 Å². The first-order valence-corrected chi connectivity index (χ1v) is 5.55. The van der Waals surface area contributed by atoms with Gasteiger partial charge in [0.2, 0.25) is 0 Å². The van der Waals surface area contributed by atoms with E-state index in [4.69, 9.17) is 9.47 Å². The lowest BCUT2D eigenvalue weighted by atomic mass is 10.2. The lowest BCUT2D eigenvalue weighted by Crippen LogP contribution is -2.14. The quantitative estimate of drug-likeness (QED) is 0.694. The molecule has 0 fully saturated rings. The topological polar surface area (TPSA) is 35.5 Å². The van der Waals surface area contributed by atoms with Crippen molar-refractivity contribution in [1.29, 1.82) is 0 Å². The second-order valence-corrected chi connectivity index (χ2v) is 3.58. The Labute approximate surface area is 96.4 Å². The molecule has 0 unspecified atom stereocenters. The summed E-state index contributed by atoms with van der Waals surface area (Å²) in [5.41, 5.74) is 0.591. The zero-order valence-electron chi connectivity index (χ0n) is 10.0. The van der Waals surface area contributed by atoms with Gasteiger partial charge in [-0.25, -0.2) is 0 Å². The van der Waals surface area contributed by atoms with E-state index < -0.39 is 0 Å². The summed E-state index contributed by atoms with van der Waals surface area (Å²) in [7, 11) is 1.57. The van der Waals surface area contributed by atoms with Crippen LogP contribution in [0.4, 0.5) is 0 Å². The Morgan fingerprint density at radius 3 is 2.44 bits per heavy atom. The van der Waals surface area contributed by atoms with Crippen LogP contribution in [0.3, 0.4) is 0 Å². The molecule has 1 rings (SSSR count). The van der Waals surface area contributed by atoms with Gasteiger partial charge in [-0.1, -0.05) is 13.8 Å². The highest BCUT2D eigenvalue weighted by atomic mass is 16.5. The maximum absolute atomic E-state index is 10.6. The summed E-state index contributed by atoms with van der Waals surface area (Å²) in [5.74, 6) is 1.30. The van der Waals surface area contributed by atoms with Crippen molar-refractivity contribution in [3.05, 3.63) is 23.8 Å². The first-order chi connectivity index (χ1) is 7.74. The van der Waals surface area contributed by atoms with Crippen molar-refractivity contribution >= 4 is 6.29 Å². The fraction of sp³-hybridized carbons (Fsp3) is 0.462. The zero-order chi connectivity index (χ0) is 12.0. The monoisotopic (exact) mass is 222 g/mol. The Bertz CT molecular complexity index is 343. The number of hydrogen-bond acceptors (Lipinski definition) is 3. The second-order valence-electron chi connectivity index (χ2n) is 3.58. The smallest absolute Gasteiger partial charge is 0.161 e. The number of carbonyl (C=O) groups is 1. The fourth-order valence-electron chi connectivity index (χ4n) is 1.49. The highest BCUT2D eigenvalue weighted by molar-refractivity contribution is 5.76. The number of rotatable bonds is 6. The van der Waals surface area contributed by atoms with Gasteiger partial charge in [0.1, 0.15) is 6.29 Å². The maximum atomic E-state index is 10.6. The van der Waals surface area contributed by atoms with Crippen molar-refractivity contribution in [2.75, 3.05) is 7.11 Å². The molecule has 3 heteroatoms. The Morgan fingerprint density at radius 2 is 1.94 bits per heavy atom. The van der Waals surface area contributed by atoms with Gasteiger partial charge in [-0.3, -0.25) is 4.79 Å². The number of ether oxygens (including phenoxy) is 2. The summed E-state index contributed by atoms with van der Waals surface area (Å²) >= 11 is 0. The van der Waals surface area contributed by atoms with Crippen LogP contribution in [-0.4, -0.2) is 19.5 Å². The van der Waals surface area contributed by atoms with Gasteiger partial charge in [-0.2, -0.15) is 0 Å². The van der Waals surface area contributed by atoms with Gasteiger partial charge in [0, 0.05) is 5.56 Å². The molecule has 0 bridgehead atoms. The molecule has 3 nitrogen and oxygen atoms in total. The van der Waals surface area contributed by atoms with Gasteiger partial charge >= 0.3 is 0 Å². The predicted octanol–water partition coefficient (Wildman–Crippen LogP) is 3.08. The normalized spacial score (nSPS) is 10.2. The van der Waals surface area contributed by atoms with E-state index >= 15 is 0 Å². The molecule has 0 saturated carbocycles. The molecular weight excluding hydrogens is 204 g/mol. The van der Waals surface area contributed by atoms with E-state index in [0.29, 0.717) is 17.1 Å². The van der Waals surface area contributed by atoms with Crippen LogP contribution in [0.5, 0.6) is 11.5 Å². The molecule has 1 aromatic rings. The first-order valence-electron chi connectivity index (χ1n) is 5.55. The standard InChI is InChI=1S/C13H18O3/c1-4-11(5-2)16-12-7-6-10(9-14)8-13(12)15-3/h6-9,11H,4-5H2,1-3H3. The maximum Gasteiger partial charge on any atom is 0.161 e. The van der Waals surface area contributed by atoms with Crippen molar-refractivity contribution in [2.24, 2.45) is 0 Å². The third-order valence-corrected chi connectivity index (χ3v) is 2.53. The third kappa shape index (κ3) is 2.99. The minimum atomic E-state index is 0.191. The largest absolute Gasteiger partial charge is 0.493 e. The molecule has 0 aliphatic heterocycles. The van der Waals surface area contributed by atoms with Gasteiger partial charge < -0.3 is 9.47 Å². The van der Waals surface area contributed by atoms with E-state index in [1.165, 1.54) is 0 Å². The fourth-order valence-corrected chi connectivity index (χ4v) is 1.49. The summed E-state index contributed by atoms with van der Waals surface area (Å²) < 4.78 is 11.0. The minimum absolute atomic E-state index is 0.191. The molecule has 0 radical (unpaired) electrons. The molecule has 88 valence electrons. The predicted molar refractivity (Wildman–Crippen MR) is 63.4 cm³/mol. The van der Waals surface area contributed by atoms with Crippen molar-refractivity contribution in [1.82, 2.24) is 0 Å². The lowest BCUT2D eigenvalue weighted by molar-refractivity contribution is 0.112. The average Bonchev–Trinajstić information content (AvgIpc) is 2.35. The molecule has 0 aliphatic carbocycles. The van der Waals surface area contributed by atoms with E-state index in [2.05, 4.69) is 13.8 Å². The van der Waals surface area contributed by atoms with E-state index in [1.54, 1.807) is 25.3 Å². The summed E-state index contributed by atoms with van der Waals surface area (Å²) in [4.78, 5) is 10.6. The zero-order valence-corrected chi connectivity index (χ0v) is 10.0. The number of methoxy groups -OCH3 is 1. The number of carbonyl (C=O) groups excluding carboxylic acids is 1. The molecule has 0 heterocycles. The molecule has 0 aliphatic rings. The van der Waals surface area contributed by atoms with Gasteiger partial charge in [0.15, 0.2) is 11.5 Å². The summed E-state index contributed by atoms with van der Waals surface area (Å²) in [6, 6.07) is 5.19.